The van der Waals surface area contributed by atoms with Crippen LogP contribution in [0, 0.1) is 6.92 Å². The van der Waals surface area contributed by atoms with Crippen LogP contribution in [0.1, 0.15) is 43.0 Å². The molecular formula is C16H20ClN3. The molecule has 1 aromatic carbocycles. The van der Waals surface area contributed by atoms with Crippen molar-refractivity contribution in [3.05, 3.63) is 52.4 Å². The third-order valence-electron chi connectivity index (χ3n) is 3.53. The number of anilines is 1. The van der Waals surface area contributed by atoms with Gasteiger partial charge in [0, 0.05) is 5.56 Å². The summed E-state index contributed by atoms with van der Waals surface area (Å²) in [4.78, 5) is 8.26. The van der Waals surface area contributed by atoms with E-state index in [0.717, 1.165) is 24.2 Å². The molecule has 0 aliphatic carbocycles. The van der Waals surface area contributed by atoms with E-state index < -0.39 is 0 Å². The molecule has 1 heterocycles. The first-order valence-electron chi connectivity index (χ1n) is 6.98. The molecule has 0 amide bonds. The van der Waals surface area contributed by atoms with E-state index >= 15 is 0 Å². The number of nitrogens with zero attached hydrogens (tertiary/aromatic N) is 2. The lowest BCUT2D eigenvalue weighted by Crippen LogP contribution is -2.12. The lowest BCUT2D eigenvalue weighted by molar-refractivity contribution is 0.742. The zero-order chi connectivity index (χ0) is 14.5. The molecule has 0 spiro atoms. The third kappa shape index (κ3) is 3.28. The fourth-order valence-corrected chi connectivity index (χ4v) is 2.28. The summed E-state index contributed by atoms with van der Waals surface area (Å²) in [5.74, 6) is 0.802. The Morgan fingerprint density at radius 2 is 1.85 bits per heavy atom. The molecule has 106 valence electrons. The fourth-order valence-electron chi connectivity index (χ4n) is 2.15. The van der Waals surface area contributed by atoms with Crippen LogP contribution in [0.4, 0.5) is 5.82 Å². The van der Waals surface area contributed by atoms with Gasteiger partial charge in [0.05, 0.1) is 6.04 Å². The first-order chi connectivity index (χ1) is 9.65. The Morgan fingerprint density at radius 3 is 2.45 bits per heavy atom. The van der Waals surface area contributed by atoms with E-state index in [-0.39, 0.29) is 6.04 Å². The summed E-state index contributed by atoms with van der Waals surface area (Å²) >= 11 is 6.03. The van der Waals surface area contributed by atoms with E-state index in [4.69, 9.17) is 11.6 Å². The number of hydrogen-bond acceptors (Lipinski definition) is 3. The average molecular weight is 290 g/mol. The summed E-state index contributed by atoms with van der Waals surface area (Å²) in [6.07, 6.45) is 3.53. The molecule has 20 heavy (non-hydrogen) atoms. The summed E-state index contributed by atoms with van der Waals surface area (Å²) < 4.78 is 0. The molecular weight excluding hydrogens is 270 g/mol. The number of aryl methyl sites for hydroxylation is 1. The first kappa shape index (κ1) is 14.8. The molecule has 0 aliphatic heterocycles. The Labute approximate surface area is 125 Å². The molecule has 0 saturated carbocycles. The van der Waals surface area contributed by atoms with Gasteiger partial charge in [0.25, 0.3) is 0 Å². The zero-order valence-electron chi connectivity index (χ0n) is 12.2. The van der Waals surface area contributed by atoms with Crippen LogP contribution in [0.2, 0.25) is 5.15 Å². The van der Waals surface area contributed by atoms with Crippen LogP contribution in [0.25, 0.3) is 0 Å². The summed E-state index contributed by atoms with van der Waals surface area (Å²) in [6, 6.07) is 8.94. The van der Waals surface area contributed by atoms with Crippen LogP contribution in [-0.2, 0) is 6.42 Å². The molecule has 2 aromatic rings. The number of halogens is 1. The van der Waals surface area contributed by atoms with E-state index in [2.05, 4.69) is 53.4 Å². The van der Waals surface area contributed by atoms with Crippen LogP contribution in [0.3, 0.4) is 0 Å². The van der Waals surface area contributed by atoms with Gasteiger partial charge in [0.2, 0.25) is 0 Å². The third-order valence-corrected chi connectivity index (χ3v) is 3.91. The van der Waals surface area contributed by atoms with Crippen molar-refractivity contribution in [3.63, 3.8) is 0 Å². The molecule has 0 bridgehead atoms. The quantitative estimate of drug-likeness (QED) is 0.820. The summed E-state index contributed by atoms with van der Waals surface area (Å²) in [7, 11) is 0. The predicted octanol–water partition coefficient (Wildman–Crippen LogP) is 4.56. The minimum Gasteiger partial charge on any atom is -0.363 e. The highest BCUT2D eigenvalue weighted by Crippen LogP contribution is 2.25. The van der Waals surface area contributed by atoms with Crippen LogP contribution in [-0.4, -0.2) is 9.97 Å². The van der Waals surface area contributed by atoms with Crippen molar-refractivity contribution in [3.8, 4) is 0 Å². The largest absolute Gasteiger partial charge is 0.363 e. The van der Waals surface area contributed by atoms with Crippen molar-refractivity contribution in [2.75, 3.05) is 5.32 Å². The minimum absolute atomic E-state index is 0.227. The van der Waals surface area contributed by atoms with Gasteiger partial charge in [-0.1, -0.05) is 49.7 Å². The van der Waals surface area contributed by atoms with Gasteiger partial charge >= 0.3 is 0 Å². The van der Waals surface area contributed by atoms with E-state index in [1.807, 2.05) is 6.92 Å². The number of rotatable bonds is 5. The summed E-state index contributed by atoms with van der Waals surface area (Å²) in [6.45, 7) is 6.25. The topological polar surface area (TPSA) is 37.8 Å². The number of aromatic nitrogens is 2. The zero-order valence-corrected chi connectivity index (χ0v) is 12.9. The lowest BCUT2D eigenvalue weighted by Gasteiger charge is -2.19. The number of benzene rings is 1. The fraction of sp³-hybridized carbons (Fsp3) is 0.375. The van der Waals surface area contributed by atoms with Gasteiger partial charge in [0.15, 0.2) is 0 Å². The van der Waals surface area contributed by atoms with Gasteiger partial charge < -0.3 is 5.32 Å². The van der Waals surface area contributed by atoms with Crippen LogP contribution in [0.15, 0.2) is 30.6 Å². The molecule has 0 saturated heterocycles. The molecule has 3 nitrogen and oxygen atoms in total. The Hall–Kier alpha value is -1.61. The van der Waals surface area contributed by atoms with Gasteiger partial charge in [-0.15, -0.1) is 0 Å². The second-order valence-electron chi connectivity index (χ2n) is 4.84. The molecule has 0 fully saturated rings. The van der Waals surface area contributed by atoms with Crippen molar-refractivity contribution < 1.29 is 0 Å². The number of hydrogen-bond donors (Lipinski definition) is 1. The van der Waals surface area contributed by atoms with Crippen molar-refractivity contribution in [1.29, 1.82) is 0 Å². The van der Waals surface area contributed by atoms with E-state index in [1.165, 1.54) is 17.5 Å². The normalized spacial score (nSPS) is 12.2. The predicted molar refractivity (Wildman–Crippen MR) is 84.3 cm³/mol. The van der Waals surface area contributed by atoms with Crippen molar-refractivity contribution in [1.82, 2.24) is 9.97 Å². The van der Waals surface area contributed by atoms with E-state index in [0.29, 0.717) is 5.15 Å². The van der Waals surface area contributed by atoms with E-state index in [1.54, 1.807) is 0 Å². The highest BCUT2D eigenvalue weighted by molar-refractivity contribution is 6.30. The molecule has 0 aliphatic rings. The van der Waals surface area contributed by atoms with Gasteiger partial charge in [0.1, 0.15) is 17.3 Å². The Morgan fingerprint density at radius 1 is 1.15 bits per heavy atom. The maximum atomic E-state index is 6.03. The monoisotopic (exact) mass is 289 g/mol. The molecule has 0 radical (unpaired) electrons. The lowest BCUT2D eigenvalue weighted by atomic mass is 10.0. The molecule has 1 unspecified atom stereocenters. The number of nitrogens with one attached hydrogen (secondary N) is 1. The molecule has 1 atom stereocenters. The first-order valence-corrected chi connectivity index (χ1v) is 7.36. The molecule has 4 heteroatoms. The molecule has 1 aromatic heterocycles. The highest BCUT2D eigenvalue weighted by atomic mass is 35.5. The van der Waals surface area contributed by atoms with Gasteiger partial charge in [-0.3, -0.25) is 0 Å². The second kappa shape index (κ2) is 6.71. The second-order valence-corrected chi connectivity index (χ2v) is 5.20. The van der Waals surface area contributed by atoms with Gasteiger partial charge in [-0.25, -0.2) is 9.97 Å². The molecule has 2 rings (SSSR count). The maximum Gasteiger partial charge on any atom is 0.137 e. The Kier molecular flexibility index (Phi) is 4.96. The van der Waals surface area contributed by atoms with Gasteiger partial charge in [-0.05, 0) is 30.9 Å². The van der Waals surface area contributed by atoms with Crippen molar-refractivity contribution in [2.45, 2.75) is 39.7 Å². The summed E-state index contributed by atoms with van der Waals surface area (Å²) in [5.41, 5.74) is 3.50. The minimum atomic E-state index is 0.227. The average Bonchev–Trinajstić information content (AvgIpc) is 2.49. The van der Waals surface area contributed by atoms with Crippen molar-refractivity contribution >= 4 is 17.4 Å². The highest BCUT2D eigenvalue weighted by Gasteiger charge is 2.12. The summed E-state index contributed by atoms with van der Waals surface area (Å²) in [5, 5.41) is 3.95. The van der Waals surface area contributed by atoms with Crippen LogP contribution >= 0.6 is 11.6 Å². The SMILES string of the molecule is CCc1ccc(C(CC)Nc2ncnc(Cl)c2C)cc1. The van der Waals surface area contributed by atoms with Gasteiger partial charge in [-0.2, -0.15) is 0 Å². The Balaban J connectivity index is 2.21. The van der Waals surface area contributed by atoms with E-state index in [9.17, 15) is 0 Å². The maximum absolute atomic E-state index is 6.03. The Bertz CT molecular complexity index is 566. The van der Waals surface area contributed by atoms with Crippen molar-refractivity contribution in [2.24, 2.45) is 0 Å². The van der Waals surface area contributed by atoms with Crippen LogP contribution < -0.4 is 5.32 Å². The standard InChI is InChI=1S/C16H20ClN3/c1-4-12-6-8-13(9-7-12)14(5-2)20-16-11(3)15(17)18-10-19-16/h6-10,14H,4-5H2,1-3H3,(H,18,19,20). The smallest absolute Gasteiger partial charge is 0.137 e. The van der Waals surface area contributed by atoms with Crippen LogP contribution in [0.5, 0.6) is 0 Å². The molecule has 1 N–H and O–H groups in total.